The van der Waals surface area contributed by atoms with Crippen molar-refractivity contribution in [2.45, 2.75) is 74.3 Å². The maximum atomic E-state index is 14.2. The fourth-order valence-electron chi connectivity index (χ4n) is 5.14. The van der Waals surface area contributed by atoms with E-state index in [4.69, 9.17) is 0 Å². The van der Waals surface area contributed by atoms with Crippen molar-refractivity contribution in [2.75, 3.05) is 4.90 Å². The molecule has 0 radical (unpaired) electrons. The summed E-state index contributed by atoms with van der Waals surface area (Å²) in [5.74, 6) is -7.66. The second-order valence-corrected chi connectivity index (χ2v) is 12.8. The third-order valence-corrected chi connectivity index (χ3v) is 8.43. The molecule has 1 aromatic carbocycles. The van der Waals surface area contributed by atoms with E-state index in [1.807, 2.05) is 0 Å². The molecule has 0 saturated heterocycles. The number of rotatable bonds is 7. The first-order valence-electron chi connectivity index (χ1n) is 12.8. The number of nitrogens with zero attached hydrogens (tertiary/aromatic N) is 2. The first-order chi connectivity index (χ1) is 18.8. The highest BCUT2D eigenvalue weighted by molar-refractivity contribution is 8.45. The Morgan fingerprint density at radius 2 is 1.61 bits per heavy atom. The lowest BCUT2D eigenvalue weighted by atomic mass is 9.86. The zero-order valence-electron chi connectivity index (χ0n) is 21.5. The van der Waals surface area contributed by atoms with Gasteiger partial charge in [0.25, 0.3) is 0 Å². The summed E-state index contributed by atoms with van der Waals surface area (Å²) in [5, 5.41) is 2.55. The van der Waals surface area contributed by atoms with Crippen LogP contribution in [0.25, 0.3) is 0 Å². The summed E-state index contributed by atoms with van der Waals surface area (Å²) in [6, 6.07) is -0.509. The number of anilines is 1. The van der Waals surface area contributed by atoms with Crippen LogP contribution >= 0.6 is 10.2 Å². The van der Waals surface area contributed by atoms with Crippen molar-refractivity contribution >= 4 is 33.5 Å². The molecule has 2 atom stereocenters. The number of pyridine rings is 1. The predicted molar refractivity (Wildman–Crippen MR) is 135 cm³/mol. The van der Waals surface area contributed by atoms with Crippen LogP contribution in [0.3, 0.4) is 0 Å². The average molecular weight is 614 g/mol. The van der Waals surface area contributed by atoms with Gasteiger partial charge in [-0.05, 0) is 56.0 Å². The Kier molecular flexibility index (Phi) is 7.68. The first kappa shape index (κ1) is 30.7. The van der Waals surface area contributed by atoms with Crippen molar-refractivity contribution in [3.8, 4) is 0 Å². The number of hydrogen-bond donors (Lipinski definition) is 1. The molecule has 1 N–H and O–H groups in total. The molecule has 0 aliphatic heterocycles. The van der Waals surface area contributed by atoms with Crippen molar-refractivity contribution in [1.29, 1.82) is 0 Å². The van der Waals surface area contributed by atoms with E-state index < -0.39 is 81.0 Å². The fourth-order valence-corrected chi connectivity index (χ4v) is 5.79. The second kappa shape index (κ2) is 10.2. The highest BCUT2D eigenvalue weighted by Gasteiger charge is 2.65. The van der Waals surface area contributed by atoms with Crippen LogP contribution in [0.5, 0.6) is 0 Å². The molecule has 2 aliphatic carbocycles. The highest BCUT2D eigenvalue weighted by atomic mass is 32.5. The minimum Gasteiger partial charge on any atom is -0.351 e. The van der Waals surface area contributed by atoms with Gasteiger partial charge in [0.2, 0.25) is 17.7 Å². The van der Waals surface area contributed by atoms with Crippen LogP contribution in [-0.4, -0.2) is 34.5 Å². The molecular formula is C26H27F8N3O3S. The number of hydrogen-bond acceptors (Lipinski definition) is 4. The summed E-state index contributed by atoms with van der Waals surface area (Å²) >= 11 is 0. The van der Waals surface area contributed by atoms with E-state index in [0.29, 0.717) is 29.9 Å². The quantitative estimate of drug-likeness (QED) is 0.261. The average Bonchev–Trinajstić information content (AvgIpc) is 2.87. The Labute approximate surface area is 230 Å². The normalized spacial score (nSPS) is 22.2. The largest absolute Gasteiger partial charge is 0.351 e. The lowest BCUT2D eigenvalue weighted by Gasteiger charge is -2.41. The Hall–Kier alpha value is -3.23. The van der Waals surface area contributed by atoms with E-state index in [2.05, 4.69) is 10.3 Å². The second-order valence-electron chi connectivity index (χ2n) is 10.4. The van der Waals surface area contributed by atoms with Crippen molar-refractivity contribution in [3.05, 3.63) is 54.1 Å². The number of Topliss-reactive ketones (excluding diaryl/α,β-unsaturated/α-hetero) is 1. The van der Waals surface area contributed by atoms with Gasteiger partial charge in [0, 0.05) is 42.8 Å². The molecule has 1 heterocycles. The topological polar surface area (TPSA) is 79.4 Å². The van der Waals surface area contributed by atoms with E-state index in [0.717, 1.165) is 18.5 Å². The van der Waals surface area contributed by atoms with Crippen molar-refractivity contribution < 1.29 is 47.0 Å². The maximum absolute atomic E-state index is 14.2. The molecule has 0 spiro atoms. The Bertz CT molecular complexity index is 1330. The SMILES string of the molecule is O=C1CCCCC1C(=O)N(c1ccc(S(F)(F)(F)(F)F)cc1)C(C(=O)NC1CCC(F)(F)CC1)c1cncc(F)c1. The van der Waals surface area contributed by atoms with E-state index >= 15 is 0 Å². The summed E-state index contributed by atoms with van der Waals surface area (Å²) in [5.41, 5.74) is -0.685. The molecule has 226 valence electrons. The van der Waals surface area contributed by atoms with E-state index in [1.165, 1.54) is 0 Å². The van der Waals surface area contributed by atoms with Crippen LogP contribution in [0.4, 0.5) is 38.3 Å². The van der Waals surface area contributed by atoms with Gasteiger partial charge in [0.1, 0.15) is 22.5 Å². The van der Waals surface area contributed by atoms with Crippen molar-refractivity contribution in [2.24, 2.45) is 5.92 Å². The van der Waals surface area contributed by atoms with E-state index in [9.17, 15) is 47.0 Å². The van der Waals surface area contributed by atoms with Gasteiger partial charge in [0.05, 0.1) is 12.1 Å². The van der Waals surface area contributed by atoms with Crippen LogP contribution in [0, 0.1) is 11.7 Å². The zero-order chi connectivity index (χ0) is 30.3. The number of benzene rings is 1. The van der Waals surface area contributed by atoms with Crippen LogP contribution in [0.1, 0.15) is 63.0 Å². The van der Waals surface area contributed by atoms with Crippen LogP contribution < -0.4 is 10.2 Å². The summed E-state index contributed by atoms with van der Waals surface area (Å²) in [7, 11) is -10.1. The van der Waals surface area contributed by atoms with Crippen LogP contribution in [-0.2, 0) is 14.4 Å². The van der Waals surface area contributed by atoms with Gasteiger partial charge in [0.15, 0.2) is 0 Å². The lowest BCUT2D eigenvalue weighted by Crippen LogP contribution is -2.50. The molecular weight excluding hydrogens is 586 g/mol. The van der Waals surface area contributed by atoms with Crippen molar-refractivity contribution in [3.63, 3.8) is 0 Å². The van der Waals surface area contributed by atoms with Gasteiger partial charge in [-0.2, -0.15) is 0 Å². The third-order valence-electron chi connectivity index (χ3n) is 7.26. The van der Waals surface area contributed by atoms with Gasteiger partial charge < -0.3 is 5.32 Å². The fraction of sp³-hybridized carbons (Fsp3) is 0.462. The molecule has 2 saturated carbocycles. The summed E-state index contributed by atoms with van der Waals surface area (Å²) in [6.07, 6.45) is 1.54. The molecule has 2 aromatic rings. The highest BCUT2D eigenvalue weighted by Crippen LogP contribution is 3.02. The number of amides is 2. The minimum atomic E-state index is -10.1. The van der Waals surface area contributed by atoms with Gasteiger partial charge >= 0.3 is 10.2 Å². The molecule has 41 heavy (non-hydrogen) atoms. The van der Waals surface area contributed by atoms with Gasteiger partial charge in [-0.3, -0.25) is 24.3 Å². The smallest absolute Gasteiger partial charge is 0.310 e. The van der Waals surface area contributed by atoms with Crippen LogP contribution in [0.15, 0.2) is 47.6 Å². The number of carbonyl (C=O) groups is 3. The van der Waals surface area contributed by atoms with Crippen molar-refractivity contribution in [1.82, 2.24) is 10.3 Å². The van der Waals surface area contributed by atoms with Crippen LogP contribution in [0.2, 0.25) is 0 Å². The Balaban J connectivity index is 1.80. The number of halogens is 8. The molecule has 2 aliphatic rings. The molecule has 2 amide bonds. The molecule has 15 heteroatoms. The van der Waals surface area contributed by atoms with E-state index in [1.54, 1.807) is 0 Å². The Morgan fingerprint density at radius 1 is 0.976 bits per heavy atom. The summed E-state index contributed by atoms with van der Waals surface area (Å²) < 4.78 is 109. The number of ketones is 1. The lowest BCUT2D eigenvalue weighted by molar-refractivity contribution is -0.136. The van der Waals surface area contributed by atoms with Gasteiger partial charge in [-0.15, -0.1) is 0 Å². The molecule has 1 aromatic heterocycles. The van der Waals surface area contributed by atoms with Gasteiger partial charge in [-0.25, -0.2) is 13.2 Å². The first-order valence-corrected chi connectivity index (χ1v) is 14.8. The van der Waals surface area contributed by atoms with Gasteiger partial charge in [-0.1, -0.05) is 25.8 Å². The number of alkyl halides is 2. The standard InChI is InChI=1S/C26H27F8N3O3S/c27-17-13-16(14-35-15-17)23(24(39)36-18-9-11-26(28,29)12-10-18)37(25(40)21-3-1-2-4-22(21)38)19-5-7-20(8-6-19)41(30,31,32,33)34/h5-8,13-15,18,21,23H,1-4,9-12H2,(H,36,39). The maximum Gasteiger partial charge on any atom is 0.310 e. The molecule has 0 bridgehead atoms. The number of aromatic nitrogens is 1. The molecule has 6 nitrogen and oxygen atoms in total. The molecule has 4 rings (SSSR count). The number of carbonyl (C=O) groups excluding carboxylic acids is 3. The Morgan fingerprint density at radius 3 is 2.17 bits per heavy atom. The summed E-state index contributed by atoms with van der Waals surface area (Å²) in [6.45, 7) is 0. The molecule has 2 fully saturated rings. The predicted octanol–water partition coefficient (Wildman–Crippen LogP) is 7.41. The zero-order valence-corrected chi connectivity index (χ0v) is 22.3. The number of nitrogens with one attached hydrogen (secondary N) is 1. The van der Waals surface area contributed by atoms with E-state index in [-0.39, 0.29) is 43.4 Å². The minimum absolute atomic E-state index is 0.0298. The monoisotopic (exact) mass is 613 g/mol. The third kappa shape index (κ3) is 7.35. The summed E-state index contributed by atoms with van der Waals surface area (Å²) in [4.78, 5) is 42.3. The molecule has 2 unspecified atom stereocenters.